The third-order valence-corrected chi connectivity index (χ3v) is 17.3. The molecule has 7 rings (SSSR count). The fourth-order valence-corrected chi connectivity index (χ4v) is 14.3. The van der Waals surface area contributed by atoms with Gasteiger partial charge in [-0.15, -0.1) is 0 Å². The summed E-state index contributed by atoms with van der Waals surface area (Å²) in [5, 5.41) is 20.9. The number of methoxy groups -OCH3 is 1. The van der Waals surface area contributed by atoms with E-state index in [9.17, 15) is 19.5 Å². The maximum Gasteiger partial charge on any atom is 0.305 e. The molecule has 6 aliphatic carbocycles. The van der Waals surface area contributed by atoms with E-state index in [-0.39, 0.29) is 35.2 Å². The SMILES string of the molecule is C=C(NCc1ccc(C(=O)NCCCC(=O)OC)cn1)C1CCC=C(CCNC(=O)C23CCCC2C2CCC4C(C)(CCC5C(C)(C)C(O)CCC54C)C2CC3)C1. The second kappa shape index (κ2) is 16.8. The van der Waals surface area contributed by atoms with E-state index in [1.165, 1.54) is 57.6 Å². The van der Waals surface area contributed by atoms with E-state index in [2.05, 4.69) is 66.0 Å². The van der Waals surface area contributed by atoms with Crippen molar-refractivity contribution in [1.82, 2.24) is 20.9 Å². The molecule has 5 fully saturated rings. The summed E-state index contributed by atoms with van der Waals surface area (Å²) in [6, 6.07) is 3.64. The van der Waals surface area contributed by atoms with Gasteiger partial charge in [-0.05, 0) is 154 Å². The van der Waals surface area contributed by atoms with Gasteiger partial charge in [-0.3, -0.25) is 19.4 Å². The van der Waals surface area contributed by atoms with Crippen LogP contribution in [-0.2, 0) is 20.9 Å². The predicted molar refractivity (Wildman–Crippen MR) is 224 cm³/mol. The fraction of sp³-hybridized carbons (Fsp3) is 0.750. The van der Waals surface area contributed by atoms with E-state index in [0.29, 0.717) is 72.0 Å². The van der Waals surface area contributed by atoms with Gasteiger partial charge in [-0.2, -0.15) is 0 Å². The first-order valence-electron chi connectivity index (χ1n) is 22.6. The van der Waals surface area contributed by atoms with Gasteiger partial charge in [0.25, 0.3) is 5.91 Å². The molecule has 9 heteroatoms. The first-order chi connectivity index (χ1) is 27.2. The highest BCUT2D eigenvalue weighted by molar-refractivity contribution is 5.93. The van der Waals surface area contributed by atoms with Crippen LogP contribution in [-0.4, -0.2) is 54.2 Å². The minimum Gasteiger partial charge on any atom is -0.469 e. The Kier molecular flexibility index (Phi) is 12.4. The average molecular weight is 785 g/mol. The van der Waals surface area contributed by atoms with Gasteiger partial charge in [0.15, 0.2) is 0 Å². The summed E-state index contributed by atoms with van der Waals surface area (Å²) in [4.78, 5) is 42.6. The van der Waals surface area contributed by atoms with Crippen molar-refractivity contribution < 1.29 is 24.2 Å². The quantitative estimate of drug-likeness (QED) is 0.0898. The highest BCUT2D eigenvalue weighted by Gasteiger charge is 2.67. The van der Waals surface area contributed by atoms with Gasteiger partial charge in [0, 0.05) is 37.3 Å². The largest absolute Gasteiger partial charge is 0.469 e. The summed E-state index contributed by atoms with van der Waals surface area (Å²) in [6.45, 7) is 16.0. The van der Waals surface area contributed by atoms with Crippen molar-refractivity contribution in [2.24, 2.45) is 57.2 Å². The van der Waals surface area contributed by atoms with Gasteiger partial charge in [-0.25, -0.2) is 0 Å². The van der Waals surface area contributed by atoms with Crippen LogP contribution in [0.5, 0.6) is 0 Å². The number of esters is 1. The second-order valence-corrected chi connectivity index (χ2v) is 20.3. The number of nitrogens with one attached hydrogen (secondary N) is 3. The Labute approximate surface area is 342 Å². The molecule has 4 N–H and O–H groups in total. The molecule has 314 valence electrons. The molecule has 0 aromatic carbocycles. The minimum absolute atomic E-state index is 0.0126. The molecule has 1 aromatic rings. The molecule has 1 heterocycles. The van der Waals surface area contributed by atoms with Crippen molar-refractivity contribution in [2.75, 3.05) is 20.2 Å². The number of ether oxygens (including phenoxy) is 1. The number of allylic oxidation sites excluding steroid dienone is 2. The number of rotatable bonds is 13. The summed E-state index contributed by atoms with van der Waals surface area (Å²) < 4.78 is 4.64. The molecule has 0 saturated heterocycles. The van der Waals surface area contributed by atoms with Gasteiger partial charge >= 0.3 is 5.97 Å². The normalized spacial score (nSPS) is 36.6. The number of nitrogens with zero attached hydrogens (tertiary/aromatic N) is 1. The van der Waals surface area contributed by atoms with Crippen LogP contribution in [0, 0.1) is 57.2 Å². The Bertz CT molecular complexity index is 1690. The van der Waals surface area contributed by atoms with Crippen LogP contribution >= 0.6 is 0 Å². The second-order valence-electron chi connectivity index (χ2n) is 20.3. The Morgan fingerprint density at radius 1 is 0.877 bits per heavy atom. The van der Waals surface area contributed by atoms with E-state index in [1.807, 2.05) is 6.07 Å². The Morgan fingerprint density at radius 3 is 2.46 bits per heavy atom. The molecule has 0 aliphatic heterocycles. The van der Waals surface area contributed by atoms with Crippen LogP contribution in [0.4, 0.5) is 0 Å². The van der Waals surface area contributed by atoms with Crippen molar-refractivity contribution in [3.63, 3.8) is 0 Å². The number of aliphatic hydroxyl groups is 1. The van der Waals surface area contributed by atoms with Crippen molar-refractivity contribution in [1.29, 1.82) is 0 Å². The number of aromatic nitrogens is 1. The molecule has 0 bridgehead atoms. The number of hydrogen-bond acceptors (Lipinski definition) is 7. The summed E-state index contributed by atoms with van der Waals surface area (Å²) in [7, 11) is 1.36. The molecule has 6 aliphatic rings. The zero-order valence-electron chi connectivity index (χ0n) is 35.7. The highest BCUT2D eigenvalue weighted by atomic mass is 16.5. The van der Waals surface area contributed by atoms with E-state index in [4.69, 9.17) is 0 Å². The lowest BCUT2D eigenvalue weighted by Crippen LogP contribution is -2.63. The predicted octanol–water partition coefficient (Wildman–Crippen LogP) is 8.43. The molecular weight excluding hydrogens is 713 g/mol. The number of amides is 2. The van der Waals surface area contributed by atoms with E-state index in [1.54, 1.807) is 12.3 Å². The van der Waals surface area contributed by atoms with Crippen molar-refractivity contribution in [2.45, 2.75) is 149 Å². The van der Waals surface area contributed by atoms with Gasteiger partial charge in [-0.1, -0.05) is 52.3 Å². The molecule has 0 spiro atoms. The fourth-order valence-electron chi connectivity index (χ4n) is 14.3. The van der Waals surface area contributed by atoms with Crippen LogP contribution in [0.2, 0.25) is 0 Å². The van der Waals surface area contributed by atoms with Crippen LogP contribution in [0.25, 0.3) is 0 Å². The number of hydrogen-bond donors (Lipinski definition) is 4. The molecule has 10 atom stereocenters. The number of fused-ring (bicyclic) bond motifs is 7. The zero-order chi connectivity index (χ0) is 40.6. The molecule has 1 aromatic heterocycles. The Balaban J connectivity index is 0.874. The van der Waals surface area contributed by atoms with Crippen molar-refractivity contribution in [3.05, 3.63) is 53.5 Å². The van der Waals surface area contributed by atoms with Crippen LogP contribution in [0.15, 0.2) is 42.3 Å². The number of carbonyl (C=O) groups is 3. The van der Waals surface area contributed by atoms with Crippen LogP contribution in [0.3, 0.4) is 0 Å². The number of carbonyl (C=O) groups excluding carboxylic acids is 3. The van der Waals surface area contributed by atoms with Crippen LogP contribution in [0.1, 0.15) is 153 Å². The monoisotopic (exact) mass is 785 g/mol. The molecule has 0 radical (unpaired) electrons. The third-order valence-electron chi connectivity index (χ3n) is 17.3. The van der Waals surface area contributed by atoms with Gasteiger partial charge in [0.1, 0.15) is 0 Å². The van der Waals surface area contributed by atoms with Gasteiger partial charge < -0.3 is 25.8 Å². The summed E-state index contributed by atoms with van der Waals surface area (Å²) >= 11 is 0. The molecular formula is C48H72N4O5. The maximum atomic E-state index is 14.3. The van der Waals surface area contributed by atoms with Crippen LogP contribution < -0.4 is 16.0 Å². The smallest absolute Gasteiger partial charge is 0.305 e. The van der Waals surface area contributed by atoms with Gasteiger partial charge in [0.05, 0.1) is 36.4 Å². The summed E-state index contributed by atoms with van der Waals surface area (Å²) in [5.74, 6) is 3.39. The molecule has 5 saturated carbocycles. The third kappa shape index (κ3) is 7.96. The van der Waals surface area contributed by atoms with Crippen molar-refractivity contribution >= 4 is 17.8 Å². The minimum atomic E-state index is -0.284. The topological polar surface area (TPSA) is 130 Å². The Morgan fingerprint density at radius 2 is 1.68 bits per heavy atom. The lowest BCUT2D eigenvalue weighted by molar-refractivity contribution is -0.214. The highest BCUT2D eigenvalue weighted by Crippen LogP contribution is 2.73. The summed E-state index contributed by atoms with van der Waals surface area (Å²) in [5.41, 5.74) is 4.19. The standard InChI is InChI=1S/C48H72N4O5/c1-31(51-30-35-15-14-34(29-52-35)43(55)49-26-9-13-42(54)57-6)33-11-7-10-32(28-33)21-27-50-44(56)48-22-8-12-38(48)36-16-17-40-46(4,37(36)18-25-48)23-19-39-45(2,3)41(53)20-24-47(39,40)5/h10,14-15,29,33,36-41,51,53H,1,7-9,11-13,16-28,30H2,2-6H3,(H,49,55)(H,50,56). The maximum absolute atomic E-state index is 14.3. The molecule has 10 unspecified atom stereocenters. The van der Waals surface area contributed by atoms with E-state index < -0.39 is 0 Å². The van der Waals surface area contributed by atoms with E-state index >= 15 is 0 Å². The Hall–Kier alpha value is -3.20. The molecule has 2 amide bonds. The average Bonchev–Trinajstić information content (AvgIpc) is 3.66. The molecule has 57 heavy (non-hydrogen) atoms. The van der Waals surface area contributed by atoms with E-state index in [0.717, 1.165) is 74.6 Å². The first-order valence-corrected chi connectivity index (χ1v) is 22.6. The first kappa shape index (κ1) is 41.9. The zero-order valence-corrected chi connectivity index (χ0v) is 35.7. The lowest BCUT2D eigenvalue weighted by Gasteiger charge is -2.69. The molecule has 9 nitrogen and oxygen atoms in total. The number of pyridine rings is 1. The number of aliphatic hydroxyl groups excluding tert-OH is 1. The lowest BCUT2D eigenvalue weighted by atomic mass is 9.36. The van der Waals surface area contributed by atoms with Crippen molar-refractivity contribution in [3.8, 4) is 0 Å². The van der Waals surface area contributed by atoms with Gasteiger partial charge in [0.2, 0.25) is 5.91 Å². The summed E-state index contributed by atoms with van der Waals surface area (Å²) in [6.07, 6.45) is 21.4.